The quantitative estimate of drug-likeness (QED) is 0.404. The van der Waals surface area contributed by atoms with Crippen molar-refractivity contribution in [3.05, 3.63) is 58.9 Å². The van der Waals surface area contributed by atoms with Gasteiger partial charge in [-0.2, -0.15) is 0 Å². The Balaban J connectivity index is 1.58. The van der Waals surface area contributed by atoms with E-state index < -0.39 is 0 Å². The Morgan fingerprint density at radius 2 is 1.73 bits per heavy atom. The Kier molecular flexibility index (Phi) is 7.61. The van der Waals surface area contributed by atoms with E-state index in [9.17, 15) is 0 Å². The van der Waals surface area contributed by atoms with Gasteiger partial charge in [-0.15, -0.1) is 0 Å². The molecule has 0 saturated heterocycles. The Hall–Kier alpha value is -1.28. The third kappa shape index (κ3) is 5.61. The zero-order valence-electron chi connectivity index (χ0n) is 15.8. The van der Waals surface area contributed by atoms with Gasteiger partial charge < -0.3 is 4.74 Å². The summed E-state index contributed by atoms with van der Waals surface area (Å²) in [6.07, 6.45) is 12.6. The topological polar surface area (TPSA) is 9.23 Å². The van der Waals surface area contributed by atoms with E-state index in [1.807, 2.05) is 0 Å². The van der Waals surface area contributed by atoms with Gasteiger partial charge in [0.05, 0.1) is 11.1 Å². The Morgan fingerprint density at radius 1 is 1.00 bits per heavy atom. The normalized spacial score (nSPS) is 15.2. The highest BCUT2D eigenvalue weighted by molar-refractivity contribution is 9.10. The maximum Gasteiger partial charge on any atom is 0.133 e. The zero-order chi connectivity index (χ0) is 18.2. The lowest BCUT2D eigenvalue weighted by Gasteiger charge is -2.21. The van der Waals surface area contributed by atoms with Crippen LogP contribution in [0.25, 0.3) is 11.1 Å². The maximum absolute atomic E-state index is 5.83. The van der Waals surface area contributed by atoms with Gasteiger partial charge >= 0.3 is 0 Å². The van der Waals surface area contributed by atoms with Gasteiger partial charge in [0, 0.05) is 0 Å². The fourth-order valence-electron chi connectivity index (χ4n) is 3.64. The third-order valence-electron chi connectivity index (χ3n) is 5.37. The fourth-order valence-corrected chi connectivity index (χ4v) is 4.14. The van der Waals surface area contributed by atoms with E-state index in [2.05, 4.69) is 71.7 Å². The second-order valence-electron chi connectivity index (χ2n) is 7.39. The van der Waals surface area contributed by atoms with Crippen LogP contribution in [0.3, 0.4) is 0 Å². The van der Waals surface area contributed by atoms with Crippen molar-refractivity contribution < 1.29 is 4.74 Å². The van der Waals surface area contributed by atoms with Crippen LogP contribution < -0.4 is 4.74 Å². The molecule has 0 atom stereocenters. The molecule has 139 valence electrons. The van der Waals surface area contributed by atoms with E-state index in [-0.39, 0.29) is 0 Å². The SMILES string of the molecule is CCCCOc1ccc(-c2ccc(CCC3CC[CH]CC3)cc2)cc1Br. The van der Waals surface area contributed by atoms with Crippen LogP contribution in [-0.4, -0.2) is 6.61 Å². The summed E-state index contributed by atoms with van der Waals surface area (Å²) in [6.45, 7) is 2.96. The standard InChI is InChI=1S/C24H30BrO/c1-2-3-17-26-24-16-15-22(18-23(24)25)21-13-11-20(12-14-21)10-9-19-7-5-4-6-8-19/h4,11-16,18-19H,2-3,5-10,17H2,1H3. The smallest absolute Gasteiger partial charge is 0.133 e. The molecule has 2 aromatic carbocycles. The molecule has 0 bridgehead atoms. The van der Waals surface area contributed by atoms with E-state index in [1.54, 1.807) is 0 Å². The number of ether oxygens (including phenoxy) is 1. The van der Waals surface area contributed by atoms with Crippen LogP contribution in [0.1, 0.15) is 57.4 Å². The van der Waals surface area contributed by atoms with Crippen LogP contribution in [0.4, 0.5) is 0 Å². The summed E-state index contributed by atoms with van der Waals surface area (Å²) in [5.41, 5.74) is 3.96. The molecular weight excluding hydrogens is 384 g/mol. The Labute approximate surface area is 167 Å². The van der Waals surface area contributed by atoms with E-state index in [0.29, 0.717) is 0 Å². The monoisotopic (exact) mass is 413 g/mol. The summed E-state index contributed by atoms with van der Waals surface area (Å²) in [6, 6.07) is 15.5. The molecule has 2 heteroatoms. The van der Waals surface area contributed by atoms with Crippen molar-refractivity contribution in [2.75, 3.05) is 6.61 Å². The number of unbranched alkanes of at least 4 members (excludes halogenated alkanes) is 1. The average molecular weight is 414 g/mol. The molecular formula is C24H30BrO. The number of benzene rings is 2. The van der Waals surface area contributed by atoms with Crippen molar-refractivity contribution in [1.29, 1.82) is 0 Å². The highest BCUT2D eigenvalue weighted by Gasteiger charge is 2.13. The molecule has 1 nitrogen and oxygen atoms in total. The van der Waals surface area contributed by atoms with Crippen molar-refractivity contribution in [2.24, 2.45) is 5.92 Å². The summed E-state index contributed by atoms with van der Waals surface area (Å²) in [5.74, 6) is 1.86. The average Bonchev–Trinajstić information content (AvgIpc) is 2.69. The number of hydrogen-bond acceptors (Lipinski definition) is 1. The molecule has 26 heavy (non-hydrogen) atoms. The minimum absolute atomic E-state index is 0.780. The Bertz CT molecular complexity index is 671. The van der Waals surface area contributed by atoms with Gasteiger partial charge in [0.15, 0.2) is 0 Å². The molecule has 0 amide bonds. The summed E-state index contributed by atoms with van der Waals surface area (Å²) in [4.78, 5) is 0. The minimum Gasteiger partial charge on any atom is -0.492 e. The molecule has 0 unspecified atom stereocenters. The first kappa shape index (κ1) is 19.5. The molecule has 0 aromatic heterocycles. The van der Waals surface area contributed by atoms with Crippen molar-refractivity contribution in [3.8, 4) is 16.9 Å². The van der Waals surface area contributed by atoms with Gasteiger partial charge in [0.25, 0.3) is 0 Å². The van der Waals surface area contributed by atoms with Gasteiger partial charge in [0.2, 0.25) is 0 Å². The number of halogens is 1. The molecule has 0 spiro atoms. The largest absolute Gasteiger partial charge is 0.492 e. The molecule has 3 rings (SSSR count). The lowest BCUT2D eigenvalue weighted by molar-refractivity contribution is 0.307. The molecule has 0 aliphatic heterocycles. The highest BCUT2D eigenvalue weighted by atomic mass is 79.9. The van der Waals surface area contributed by atoms with Crippen LogP contribution in [0, 0.1) is 12.3 Å². The maximum atomic E-state index is 5.83. The first-order valence-electron chi connectivity index (χ1n) is 10.1. The van der Waals surface area contributed by atoms with Gasteiger partial charge in [-0.25, -0.2) is 0 Å². The van der Waals surface area contributed by atoms with E-state index in [0.717, 1.165) is 35.6 Å². The zero-order valence-corrected chi connectivity index (χ0v) is 17.4. The van der Waals surface area contributed by atoms with Crippen LogP contribution in [0.15, 0.2) is 46.9 Å². The second-order valence-corrected chi connectivity index (χ2v) is 8.25. The molecule has 0 N–H and O–H groups in total. The van der Waals surface area contributed by atoms with Gasteiger partial charge in [-0.1, -0.05) is 56.5 Å². The van der Waals surface area contributed by atoms with E-state index in [1.165, 1.54) is 55.2 Å². The van der Waals surface area contributed by atoms with E-state index in [4.69, 9.17) is 4.74 Å². The predicted octanol–water partition coefficient (Wildman–Crippen LogP) is 7.62. The minimum atomic E-state index is 0.780. The summed E-state index contributed by atoms with van der Waals surface area (Å²) < 4.78 is 6.86. The summed E-state index contributed by atoms with van der Waals surface area (Å²) >= 11 is 3.65. The number of hydrogen-bond donors (Lipinski definition) is 0. The second kappa shape index (κ2) is 10.2. The first-order chi connectivity index (χ1) is 12.8. The van der Waals surface area contributed by atoms with Crippen molar-refractivity contribution in [2.45, 2.75) is 58.3 Å². The Morgan fingerprint density at radius 3 is 2.42 bits per heavy atom. The lowest BCUT2D eigenvalue weighted by Crippen LogP contribution is -2.07. The molecule has 1 radical (unpaired) electrons. The number of rotatable bonds is 8. The fraction of sp³-hybridized carbons (Fsp3) is 0.458. The highest BCUT2D eigenvalue weighted by Crippen LogP contribution is 2.31. The third-order valence-corrected chi connectivity index (χ3v) is 5.99. The van der Waals surface area contributed by atoms with Gasteiger partial charge in [-0.3, -0.25) is 0 Å². The summed E-state index contributed by atoms with van der Waals surface area (Å²) in [5, 5.41) is 0. The van der Waals surface area contributed by atoms with Gasteiger partial charge in [0.1, 0.15) is 5.75 Å². The van der Waals surface area contributed by atoms with Crippen molar-refractivity contribution >= 4 is 15.9 Å². The molecule has 1 saturated carbocycles. The first-order valence-corrected chi connectivity index (χ1v) is 10.9. The van der Waals surface area contributed by atoms with Crippen LogP contribution in [-0.2, 0) is 6.42 Å². The predicted molar refractivity (Wildman–Crippen MR) is 115 cm³/mol. The van der Waals surface area contributed by atoms with Crippen molar-refractivity contribution in [3.63, 3.8) is 0 Å². The molecule has 1 aliphatic carbocycles. The summed E-state index contributed by atoms with van der Waals surface area (Å²) in [7, 11) is 0. The van der Waals surface area contributed by atoms with Crippen LogP contribution >= 0.6 is 15.9 Å². The van der Waals surface area contributed by atoms with Crippen molar-refractivity contribution in [1.82, 2.24) is 0 Å². The molecule has 1 fully saturated rings. The molecule has 1 aliphatic rings. The lowest BCUT2D eigenvalue weighted by atomic mass is 9.85. The van der Waals surface area contributed by atoms with Gasteiger partial charge in [-0.05, 0) is 89.2 Å². The molecule has 0 heterocycles. The van der Waals surface area contributed by atoms with Crippen LogP contribution in [0.5, 0.6) is 5.75 Å². The van der Waals surface area contributed by atoms with E-state index >= 15 is 0 Å². The number of aryl methyl sites for hydroxylation is 1. The van der Waals surface area contributed by atoms with Crippen LogP contribution in [0.2, 0.25) is 0 Å². The molecule has 2 aromatic rings.